The fraction of sp³-hybridized carbons (Fsp3) is 0.778. The van der Waals surface area contributed by atoms with Crippen molar-refractivity contribution in [2.75, 3.05) is 19.8 Å². The van der Waals surface area contributed by atoms with Crippen LogP contribution >= 0.6 is 0 Å². The summed E-state index contributed by atoms with van der Waals surface area (Å²) in [5, 5.41) is 8.74. The summed E-state index contributed by atoms with van der Waals surface area (Å²) >= 11 is 0. The molecule has 0 atom stereocenters. The number of rotatable bonds is 3. The first kappa shape index (κ1) is 10.7. The Balaban J connectivity index is 2.23. The van der Waals surface area contributed by atoms with Gasteiger partial charge in [0.05, 0.1) is 25.9 Å². The van der Waals surface area contributed by atoms with Gasteiger partial charge in [-0.3, -0.25) is 0 Å². The minimum atomic E-state index is -0.193. The molecule has 0 radical (unpaired) electrons. The standard InChI is InChI=1S/C9H17NO3/c1-7(4-11)2-3-9-12-5-8(10)6-13-9/h2,8-9,11H,3-6,10H2,1H3/b7-2+. The van der Waals surface area contributed by atoms with E-state index in [1.165, 1.54) is 0 Å². The van der Waals surface area contributed by atoms with Gasteiger partial charge in [0, 0.05) is 6.42 Å². The second-order valence-corrected chi connectivity index (χ2v) is 3.30. The molecule has 0 unspecified atom stereocenters. The predicted octanol–water partition coefficient (Wildman–Crippen LogP) is 0.0153. The maximum absolute atomic E-state index is 8.74. The molecule has 1 aliphatic heterocycles. The smallest absolute Gasteiger partial charge is 0.161 e. The Morgan fingerprint density at radius 1 is 1.54 bits per heavy atom. The number of ether oxygens (including phenoxy) is 2. The fourth-order valence-electron chi connectivity index (χ4n) is 1.06. The zero-order valence-electron chi connectivity index (χ0n) is 7.90. The van der Waals surface area contributed by atoms with Crippen LogP contribution in [0.3, 0.4) is 0 Å². The molecular weight excluding hydrogens is 170 g/mol. The minimum Gasteiger partial charge on any atom is -0.392 e. The summed E-state index contributed by atoms with van der Waals surface area (Å²) in [7, 11) is 0. The van der Waals surface area contributed by atoms with E-state index in [2.05, 4.69) is 0 Å². The lowest BCUT2D eigenvalue weighted by Gasteiger charge is -2.26. The Kier molecular flexibility index (Phi) is 4.38. The third-order valence-corrected chi connectivity index (χ3v) is 1.90. The summed E-state index contributed by atoms with van der Waals surface area (Å²) in [6, 6.07) is -0.000770. The molecule has 1 heterocycles. The van der Waals surface area contributed by atoms with Crippen molar-refractivity contribution < 1.29 is 14.6 Å². The number of aliphatic hydroxyl groups is 1. The van der Waals surface area contributed by atoms with Crippen LogP contribution in [0.2, 0.25) is 0 Å². The average molecular weight is 187 g/mol. The summed E-state index contributed by atoms with van der Waals surface area (Å²) in [5.41, 5.74) is 6.51. The molecule has 1 saturated heterocycles. The third-order valence-electron chi connectivity index (χ3n) is 1.90. The van der Waals surface area contributed by atoms with Crippen LogP contribution in [0.5, 0.6) is 0 Å². The lowest BCUT2D eigenvalue weighted by molar-refractivity contribution is -0.182. The molecule has 0 bridgehead atoms. The van der Waals surface area contributed by atoms with Gasteiger partial charge in [-0.1, -0.05) is 11.6 Å². The van der Waals surface area contributed by atoms with E-state index in [0.717, 1.165) is 5.57 Å². The van der Waals surface area contributed by atoms with Crippen LogP contribution in [0.1, 0.15) is 13.3 Å². The Morgan fingerprint density at radius 3 is 2.69 bits per heavy atom. The van der Waals surface area contributed by atoms with E-state index in [1.54, 1.807) is 0 Å². The van der Waals surface area contributed by atoms with Gasteiger partial charge in [0.15, 0.2) is 6.29 Å². The normalized spacial score (nSPS) is 30.5. The molecule has 1 aliphatic rings. The molecule has 0 amide bonds. The van der Waals surface area contributed by atoms with Crippen LogP contribution in [-0.2, 0) is 9.47 Å². The number of nitrogens with two attached hydrogens (primary N) is 1. The maximum atomic E-state index is 8.74. The van der Waals surface area contributed by atoms with Gasteiger partial charge < -0.3 is 20.3 Å². The summed E-state index contributed by atoms with van der Waals surface area (Å²) in [4.78, 5) is 0. The Labute approximate surface area is 78.3 Å². The topological polar surface area (TPSA) is 64.7 Å². The van der Waals surface area contributed by atoms with Gasteiger partial charge in [-0.05, 0) is 6.92 Å². The third kappa shape index (κ3) is 3.87. The highest BCUT2D eigenvalue weighted by Crippen LogP contribution is 2.09. The minimum absolute atomic E-state index is 0.000770. The highest BCUT2D eigenvalue weighted by Gasteiger charge is 2.17. The molecule has 0 aromatic heterocycles. The van der Waals surface area contributed by atoms with Crippen LogP contribution in [0.25, 0.3) is 0 Å². The number of hydrogen-bond acceptors (Lipinski definition) is 4. The van der Waals surface area contributed by atoms with Crippen LogP contribution in [0.4, 0.5) is 0 Å². The molecule has 1 rings (SSSR count). The van der Waals surface area contributed by atoms with E-state index in [4.69, 9.17) is 20.3 Å². The Hall–Kier alpha value is -0.420. The van der Waals surface area contributed by atoms with Gasteiger partial charge in [-0.2, -0.15) is 0 Å². The summed E-state index contributed by atoms with van der Waals surface area (Å²) in [6.45, 7) is 3.06. The van der Waals surface area contributed by atoms with Gasteiger partial charge in [0.25, 0.3) is 0 Å². The average Bonchev–Trinajstić information content (AvgIpc) is 2.16. The lowest BCUT2D eigenvalue weighted by atomic mass is 10.2. The van der Waals surface area contributed by atoms with Crippen LogP contribution in [-0.4, -0.2) is 37.3 Å². The molecule has 0 aromatic carbocycles. The molecule has 4 heteroatoms. The van der Waals surface area contributed by atoms with E-state index < -0.39 is 0 Å². The van der Waals surface area contributed by atoms with Crippen molar-refractivity contribution in [2.24, 2.45) is 5.73 Å². The molecule has 0 aliphatic carbocycles. The largest absolute Gasteiger partial charge is 0.392 e. The second kappa shape index (κ2) is 5.34. The molecule has 0 spiro atoms. The van der Waals surface area contributed by atoms with Crippen molar-refractivity contribution in [1.29, 1.82) is 0 Å². The molecular formula is C9H17NO3. The van der Waals surface area contributed by atoms with Crippen molar-refractivity contribution in [2.45, 2.75) is 25.7 Å². The molecule has 0 aromatic rings. The predicted molar refractivity (Wildman–Crippen MR) is 49.1 cm³/mol. The van der Waals surface area contributed by atoms with E-state index in [-0.39, 0.29) is 18.9 Å². The van der Waals surface area contributed by atoms with Crippen LogP contribution in [0.15, 0.2) is 11.6 Å². The quantitative estimate of drug-likeness (QED) is 0.611. The van der Waals surface area contributed by atoms with Crippen molar-refractivity contribution >= 4 is 0 Å². The maximum Gasteiger partial charge on any atom is 0.161 e. The fourth-order valence-corrected chi connectivity index (χ4v) is 1.06. The van der Waals surface area contributed by atoms with Crippen molar-refractivity contribution in [1.82, 2.24) is 0 Å². The van der Waals surface area contributed by atoms with Crippen molar-refractivity contribution in [3.63, 3.8) is 0 Å². The summed E-state index contributed by atoms with van der Waals surface area (Å²) < 4.78 is 10.6. The molecule has 0 saturated carbocycles. The Bertz CT molecular complexity index is 174. The van der Waals surface area contributed by atoms with Crippen molar-refractivity contribution in [3.8, 4) is 0 Å². The summed E-state index contributed by atoms with van der Waals surface area (Å²) in [5.74, 6) is 0. The lowest BCUT2D eigenvalue weighted by Crippen LogP contribution is -2.40. The first-order chi connectivity index (χ1) is 6.22. The van der Waals surface area contributed by atoms with Gasteiger partial charge in [-0.15, -0.1) is 0 Å². The zero-order chi connectivity index (χ0) is 9.68. The highest BCUT2D eigenvalue weighted by molar-refractivity contribution is 4.98. The highest BCUT2D eigenvalue weighted by atomic mass is 16.7. The molecule has 3 N–H and O–H groups in total. The van der Waals surface area contributed by atoms with E-state index in [1.807, 2.05) is 13.0 Å². The molecule has 1 fully saturated rings. The first-order valence-corrected chi connectivity index (χ1v) is 4.47. The number of hydrogen-bond donors (Lipinski definition) is 2. The first-order valence-electron chi connectivity index (χ1n) is 4.47. The molecule has 4 nitrogen and oxygen atoms in total. The SMILES string of the molecule is C/C(=C\CC1OCC(N)CO1)CO. The Morgan fingerprint density at radius 2 is 2.15 bits per heavy atom. The monoisotopic (exact) mass is 187 g/mol. The van der Waals surface area contributed by atoms with E-state index in [9.17, 15) is 0 Å². The molecule has 76 valence electrons. The van der Waals surface area contributed by atoms with E-state index in [0.29, 0.717) is 19.6 Å². The second-order valence-electron chi connectivity index (χ2n) is 3.30. The van der Waals surface area contributed by atoms with Gasteiger partial charge in [0.1, 0.15) is 0 Å². The van der Waals surface area contributed by atoms with Gasteiger partial charge >= 0.3 is 0 Å². The zero-order valence-corrected chi connectivity index (χ0v) is 7.90. The van der Waals surface area contributed by atoms with Gasteiger partial charge in [0.2, 0.25) is 0 Å². The summed E-state index contributed by atoms with van der Waals surface area (Å²) in [6.07, 6.45) is 2.40. The van der Waals surface area contributed by atoms with Crippen LogP contribution < -0.4 is 5.73 Å². The molecule has 13 heavy (non-hydrogen) atoms. The van der Waals surface area contributed by atoms with Crippen LogP contribution in [0, 0.1) is 0 Å². The number of aliphatic hydroxyl groups excluding tert-OH is 1. The van der Waals surface area contributed by atoms with Gasteiger partial charge in [-0.25, -0.2) is 0 Å². The van der Waals surface area contributed by atoms with Crippen molar-refractivity contribution in [3.05, 3.63) is 11.6 Å². The van der Waals surface area contributed by atoms with E-state index >= 15 is 0 Å².